The topological polar surface area (TPSA) is 80.3 Å². The summed E-state index contributed by atoms with van der Waals surface area (Å²) in [5, 5.41) is 0. The molecule has 0 aliphatic heterocycles. The maximum atomic E-state index is 8.52. The van der Waals surface area contributed by atoms with Crippen LogP contribution in [0.1, 0.15) is 0 Å². The van der Waals surface area contributed by atoms with Crippen molar-refractivity contribution in [3.05, 3.63) is 0 Å². The van der Waals surface area contributed by atoms with Crippen LogP contribution in [-0.4, -0.2) is 22.5 Å². The minimum absolute atomic E-state index is 0. The molecule has 0 saturated carbocycles. The minimum atomic E-state index is -5.17. The van der Waals surface area contributed by atoms with E-state index in [9.17, 15) is 0 Å². The second kappa shape index (κ2) is 13.2. The smallest absolute Gasteiger partial charge is 0.759 e. The molecule has 0 aromatic heterocycles. The Labute approximate surface area is 112 Å². The van der Waals surface area contributed by atoms with Gasteiger partial charge in [-0.1, -0.05) is 22.6 Å². The Morgan fingerprint density at radius 2 is 1.11 bits per heavy atom. The second-order valence-corrected chi connectivity index (χ2v) is 1.22. The van der Waals surface area contributed by atoms with Gasteiger partial charge in [-0.2, -0.15) is 0 Å². The zero-order valence-corrected chi connectivity index (χ0v) is 12.4. The third kappa shape index (κ3) is 116. The number of halogens is 1. The molecule has 0 N–H and O–H groups in total. The van der Waals surface area contributed by atoms with E-state index < -0.39 is 10.4 Å². The molecule has 0 atom stereocenters. The average Bonchev–Trinajstić information content (AvgIpc) is 1.36. The van der Waals surface area contributed by atoms with Crippen molar-refractivity contribution in [3.8, 4) is 0 Å². The average molecular weight is 284 g/mol. The molecule has 46 valence electrons. The molecule has 0 aromatic rings. The van der Waals surface area contributed by atoms with Gasteiger partial charge in [0.25, 0.3) is 0 Å². The van der Waals surface area contributed by atoms with Crippen LogP contribution in [0, 0.1) is 0 Å². The fourth-order valence-corrected chi connectivity index (χ4v) is 0. The van der Waals surface area contributed by atoms with Crippen LogP contribution in [-0.2, 0) is 10.4 Å². The number of alkyl halides is 1. The predicted octanol–water partition coefficient (Wildman–Crippen LogP) is -6.28. The predicted molar refractivity (Wildman–Crippen MR) is 30.4 cm³/mol. The first kappa shape index (κ1) is 22.6. The van der Waals surface area contributed by atoms with Crippen molar-refractivity contribution in [2.24, 2.45) is 0 Å². The molecule has 0 spiro atoms. The van der Waals surface area contributed by atoms with Gasteiger partial charge in [-0.25, -0.2) is 0 Å². The van der Waals surface area contributed by atoms with Crippen molar-refractivity contribution in [2.75, 3.05) is 4.93 Å². The zero-order valence-electron chi connectivity index (χ0n) is 5.42. The van der Waals surface area contributed by atoms with Gasteiger partial charge < -0.3 is 9.11 Å². The molecular formula is CH3INa2O4S. The van der Waals surface area contributed by atoms with Crippen molar-refractivity contribution in [1.29, 1.82) is 0 Å². The van der Waals surface area contributed by atoms with Crippen LogP contribution in [0.25, 0.3) is 0 Å². The summed E-state index contributed by atoms with van der Waals surface area (Å²) in [5.74, 6) is 0. The van der Waals surface area contributed by atoms with E-state index in [1.54, 1.807) is 0 Å². The first-order valence-electron chi connectivity index (χ1n) is 1.04. The van der Waals surface area contributed by atoms with Gasteiger partial charge >= 0.3 is 59.1 Å². The third-order valence-electron chi connectivity index (χ3n) is 0. The van der Waals surface area contributed by atoms with E-state index in [0.29, 0.717) is 0 Å². The van der Waals surface area contributed by atoms with Crippen molar-refractivity contribution in [2.45, 2.75) is 0 Å². The normalized spacial score (nSPS) is 7.11. The van der Waals surface area contributed by atoms with Crippen LogP contribution in [0.4, 0.5) is 0 Å². The van der Waals surface area contributed by atoms with Crippen LogP contribution in [0.5, 0.6) is 0 Å². The van der Waals surface area contributed by atoms with E-state index in [1.807, 2.05) is 4.93 Å². The zero-order chi connectivity index (χ0) is 6.50. The summed E-state index contributed by atoms with van der Waals surface area (Å²) in [6, 6.07) is 0. The molecular weight excluding hydrogens is 281 g/mol. The van der Waals surface area contributed by atoms with Crippen molar-refractivity contribution in [3.63, 3.8) is 0 Å². The molecule has 0 amide bonds. The molecule has 0 saturated heterocycles. The van der Waals surface area contributed by atoms with E-state index in [2.05, 4.69) is 22.6 Å². The Morgan fingerprint density at radius 1 is 1.11 bits per heavy atom. The van der Waals surface area contributed by atoms with Crippen molar-refractivity contribution >= 4 is 33.0 Å². The van der Waals surface area contributed by atoms with E-state index in [4.69, 9.17) is 17.5 Å². The minimum Gasteiger partial charge on any atom is -0.759 e. The maximum absolute atomic E-state index is 8.52. The van der Waals surface area contributed by atoms with E-state index in [0.717, 1.165) is 0 Å². The van der Waals surface area contributed by atoms with Crippen LogP contribution in [0.2, 0.25) is 0 Å². The standard InChI is InChI=1S/CH3I.2Na.H2O4S/c1-2;;;1-5(2,3)4/h1H3;;;(H2,1,2,3,4)/q;2*+1;/p-2. The van der Waals surface area contributed by atoms with E-state index >= 15 is 0 Å². The fourth-order valence-electron chi connectivity index (χ4n) is 0. The monoisotopic (exact) mass is 284 g/mol. The van der Waals surface area contributed by atoms with Gasteiger partial charge in [-0.3, -0.25) is 8.42 Å². The summed E-state index contributed by atoms with van der Waals surface area (Å²) in [5.41, 5.74) is 0. The van der Waals surface area contributed by atoms with Crippen LogP contribution < -0.4 is 59.1 Å². The van der Waals surface area contributed by atoms with Gasteiger partial charge in [0.1, 0.15) is 0 Å². The summed E-state index contributed by atoms with van der Waals surface area (Å²) < 4.78 is 34.1. The Kier molecular flexibility index (Phi) is 33.1. The Morgan fingerprint density at radius 3 is 1.11 bits per heavy atom. The summed E-state index contributed by atoms with van der Waals surface area (Å²) in [6.07, 6.45) is 0. The first-order chi connectivity index (χ1) is 3.00. The summed E-state index contributed by atoms with van der Waals surface area (Å²) in [4.78, 5) is 1.97. The molecule has 0 aliphatic carbocycles. The maximum Gasteiger partial charge on any atom is 1.00 e. The molecule has 4 nitrogen and oxygen atoms in total. The van der Waals surface area contributed by atoms with E-state index in [1.165, 1.54) is 0 Å². The quantitative estimate of drug-likeness (QED) is 0.146. The molecule has 0 radical (unpaired) electrons. The largest absolute Gasteiger partial charge is 1.00 e. The van der Waals surface area contributed by atoms with Gasteiger partial charge in [-0.15, -0.1) is 0 Å². The van der Waals surface area contributed by atoms with Gasteiger partial charge in [-0.05, 0) is 4.93 Å². The van der Waals surface area contributed by atoms with Crippen molar-refractivity contribution in [1.82, 2.24) is 0 Å². The molecule has 8 heteroatoms. The van der Waals surface area contributed by atoms with Gasteiger partial charge in [0.2, 0.25) is 0 Å². The Hall–Kier alpha value is 2.60. The van der Waals surface area contributed by atoms with Gasteiger partial charge in [0.15, 0.2) is 0 Å². The Bertz CT molecular complexity index is 102. The first-order valence-corrected chi connectivity index (χ1v) is 4.54. The Balaban J connectivity index is -0.0000000286. The summed E-state index contributed by atoms with van der Waals surface area (Å²) in [7, 11) is -5.17. The van der Waals surface area contributed by atoms with Gasteiger partial charge in [0.05, 0.1) is 0 Å². The van der Waals surface area contributed by atoms with Gasteiger partial charge in [0, 0.05) is 10.4 Å². The number of hydrogen-bond acceptors (Lipinski definition) is 4. The van der Waals surface area contributed by atoms with E-state index in [-0.39, 0.29) is 59.1 Å². The molecule has 0 fully saturated rings. The molecule has 0 bridgehead atoms. The molecule has 0 aliphatic rings. The number of rotatable bonds is 0. The van der Waals surface area contributed by atoms with Crippen LogP contribution >= 0.6 is 22.6 Å². The molecule has 0 heterocycles. The summed E-state index contributed by atoms with van der Waals surface area (Å²) in [6.45, 7) is 0. The van der Waals surface area contributed by atoms with Crippen LogP contribution in [0.15, 0.2) is 0 Å². The SMILES string of the molecule is CI.O=S(=O)([O-])[O-].[Na+].[Na+]. The molecule has 9 heavy (non-hydrogen) atoms. The molecule has 0 aromatic carbocycles. The third-order valence-corrected chi connectivity index (χ3v) is 0. The summed E-state index contributed by atoms with van der Waals surface area (Å²) >= 11 is 2.15. The fraction of sp³-hybridized carbons (Fsp3) is 1.00. The molecule has 0 rings (SSSR count). The van der Waals surface area contributed by atoms with Crippen molar-refractivity contribution < 1.29 is 76.6 Å². The molecule has 0 unspecified atom stereocenters. The number of hydrogen-bond donors (Lipinski definition) is 0. The van der Waals surface area contributed by atoms with Crippen LogP contribution in [0.3, 0.4) is 0 Å². The second-order valence-electron chi connectivity index (χ2n) is 0.408.